The van der Waals surface area contributed by atoms with Gasteiger partial charge in [0.1, 0.15) is 6.61 Å². The highest BCUT2D eigenvalue weighted by molar-refractivity contribution is 7.47. The van der Waals surface area contributed by atoms with Crippen molar-refractivity contribution in [3.63, 3.8) is 0 Å². The van der Waals surface area contributed by atoms with Gasteiger partial charge in [-0.05, 0) is 57.8 Å². The van der Waals surface area contributed by atoms with Crippen LogP contribution in [-0.2, 0) is 32.7 Å². The van der Waals surface area contributed by atoms with Crippen molar-refractivity contribution in [1.29, 1.82) is 0 Å². The Morgan fingerprint density at radius 3 is 1.49 bits per heavy atom. The lowest BCUT2D eigenvalue weighted by atomic mass is 10.0. The van der Waals surface area contributed by atoms with Crippen molar-refractivity contribution >= 4 is 19.8 Å². The van der Waals surface area contributed by atoms with Gasteiger partial charge in [-0.15, -0.1) is 0 Å². The summed E-state index contributed by atoms with van der Waals surface area (Å²) in [4.78, 5) is 34.8. The van der Waals surface area contributed by atoms with Gasteiger partial charge in [0.15, 0.2) is 6.10 Å². The number of esters is 2. The first kappa shape index (κ1) is 51.0. The Balaban J connectivity index is 4.24. The molecule has 2 atom stereocenters. The Morgan fingerprint density at radius 2 is 0.981 bits per heavy atom. The van der Waals surface area contributed by atoms with E-state index in [1.54, 1.807) is 0 Å². The maximum Gasteiger partial charge on any atom is 0.472 e. The molecule has 2 unspecified atom stereocenters. The lowest BCUT2D eigenvalue weighted by molar-refractivity contribution is -0.161. The molecule has 0 fully saturated rings. The molecule has 0 spiro atoms. The van der Waals surface area contributed by atoms with E-state index < -0.39 is 32.5 Å². The van der Waals surface area contributed by atoms with E-state index in [9.17, 15) is 19.0 Å². The average Bonchev–Trinajstić information content (AvgIpc) is 3.14. The van der Waals surface area contributed by atoms with E-state index in [1.807, 2.05) is 0 Å². The predicted molar refractivity (Wildman–Crippen MR) is 220 cm³/mol. The quantitative estimate of drug-likeness (QED) is 0.0271. The molecule has 0 rings (SSSR count). The summed E-state index contributed by atoms with van der Waals surface area (Å²) in [5.74, 6) is -0.864. The van der Waals surface area contributed by atoms with Crippen LogP contribution in [-0.4, -0.2) is 49.3 Å². The molecule has 0 bridgehead atoms. The van der Waals surface area contributed by atoms with Crippen LogP contribution < -0.4 is 5.73 Å². The Bertz CT molecular complexity index is 1010. The number of phosphoric ester groups is 1. The van der Waals surface area contributed by atoms with Gasteiger partial charge >= 0.3 is 19.8 Å². The van der Waals surface area contributed by atoms with Crippen LogP contribution in [0.3, 0.4) is 0 Å². The molecule has 3 N–H and O–H groups in total. The zero-order valence-electron chi connectivity index (χ0n) is 33.7. The second-order valence-corrected chi connectivity index (χ2v) is 15.3. The number of ether oxygens (including phenoxy) is 2. The summed E-state index contributed by atoms with van der Waals surface area (Å²) in [5.41, 5.74) is 5.34. The van der Waals surface area contributed by atoms with Crippen LogP contribution in [0.25, 0.3) is 0 Å². The Hall–Kier alpha value is -2.03. The summed E-state index contributed by atoms with van der Waals surface area (Å²) in [6.45, 7) is 3.66. The SMILES string of the molecule is CCCCC/C=C\C/C=C\C/C=C\C/C=C\CCCCCC(=O)OC(COC(=O)CCCCCCCCCCCCCCC)COP(=O)(O)OCCN. The molecule has 0 aliphatic carbocycles. The van der Waals surface area contributed by atoms with E-state index in [2.05, 4.69) is 62.5 Å². The highest BCUT2D eigenvalue weighted by Gasteiger charge is 2.26. The molecule has 0 amide bonds. The van der Waals surface area contributed by atoms with E-state index in [-0.39, 0.29) is 32.6 Å². The molecule has 0 aromatic carbocycles. The fraction of sp³-hybridized carbons (Fsp3) is 0.767. The molecule has 0 aliphatic rings. The summed E-state index contributed by atoms with van der Waals surface area (Å²) in [6, 6.07) is 0. The highest BCUT2D eigenvalue weighted by atomic mass is 31.2. The molecule has 0 aromatic heterocycles. The molecule has 0 aliphatic heterocycles. The van der Waals surface area contributed by atoms with E-state index >= 15 is 0 Å². The highest BCUT2D eigenvalue weighted by Crippen LogP contribution is 2.43. The minimum Gasteiger partial charge on any atom is -0.462 e. The number of rotatable bonds is 39. The van der Waals surface area contributed by atoms with Crippen molar-refractivity contribution < 1.29 is 37.6 Å². The number of unbranched alkanes of at least 4 members (excludes halogenated alkanes) is 18. The van der Waals surface area contributed by atoms with E-state index in [0.717, 1.165) is 57.8 Å². The number of nitrogens with two attached hydrogens (primary N) is 1. The van der Waals surface area contributed by atoms with Gasteiger partial charge in [-0.3, -0.25) is 18.6 Å². The van der Waals surface area contributed by atoms with Gasteiger partial charge < -0.3 is 20.1 Å². The third-order valence-electron chi connectivity index (χ3n) is 8.72. The van der Waals surface area contributed by atoms with E-state index in [1.165, 1.54) is 89.9 Å². The first-order valence-corrected chi connectivity index (χ1v) is 22.6. The molecule has 0 saturated carbocycles. The van der Waals surface area contributed by atoms with Crippen molar-refractivity contribution in [2.75, 3.05) is 26.4 Å². The van der Waals surface area contributed by atoms with E-state index in [0.29, 0.717) is 6.42 Å². The fourth-order valence-electron chi connectivity index (χ4n) is 5.56. The molecule has 10 heteroatoms. The maximum absolute atomic E-state index is 12.6. The number of phosphoric acid groups is 1. The van der Waals surface area contributed by atoms with E-state index in [4.69, 9.17) is 24.3 Å². The summed E-state index contributed by atoms with van der Waals surface area (Å²) in [5, 5.41) is 0. The van der Waals surface area contributed by atoms with Crippen LogP contribution in [0.4, 0.5) is 0 Å². The molecule has 53 heavy (non-hydrogen) atoms. The second-order valence-electron chi connectivity index (χ2n) is 13.9. The molecule has 0 radical (unpaired) electrons. The normalized spacial score (nSPS) is 13.8. The molecular formula is C43H78NO8P. The summed E-state index contributed by atoms with van der Waals surface area (Å²) < 4.78 is 32.7. The number of carbonyl (C=O) groups is 2. The lowest BCUT2D eigenvalue weighted by Crippen LogP contribution is -2.29. The largest absolute Gasteiger partial charge is 0.472 e. The number of hydrogen-bond acceptors (Lipinski definition) is 8. The first-order chi connectivity index (χ1) is 25.8. The Labute approximate surface area is 324 Å². The van der Waals surface area contributed by atoms with Crippen molar-refractivity contribution in [2.45, 2.75) is 187 Å². The molecule has 9 nitrogen and oxygen atoms in total. The minimum absolute atomic E-state index is 0.0472. The molecular weight excluding hydrogens is 689 g/mol. The molecule has 308 valence electrons. The minimum atomic E-state index is -4.38. The fourth-order valence-corrected chi connectivity index (χ4v) is 6.32. The van der Waals surface area contributed by atoms with Crippen molar-refractivity contribution in [2.24, 2.45) is 5.73 Å². The van der Waals surface area contributed by atoms with Crippen LogP contribution in [0.1, 0.15) is 181 Å². The van der Waals surface area contributed by atoms with Crippen LogP contribution in [0.5, 0.6) is 0 Å². The van der Waals surface area contributed by atoms with Gasteiger partial charge in [-0.25, -0.2) is 4.57 Å². The first-order valence-electron chi connectivity index (χ1n) is 21.1. The second kappa shape index (κ2) is 39.7. The van der Waals surface area contributed by atoms with Crippen molar-refractivity contribution in [3.8, 4) is 0 Å². The zero-order valence-corrected chi connectivity index (χ0v) is 34.6. The number of carbonyl (C=O) groups excluding carboxylic acids is 2. The van der Waals surface area contributed by atoms with Crippen molar-refractivity contribution in [3.05, 3.63) is 48.6 Å². The van der Waals surface area contributed by atoms with Crippen LogP contribution in [0.15, 0.2) is 48.6 Å². The van der Waals surface area contributed by atoms with Crippen LogP contribution in [0.2, 0.25) is 0 Å². The van der Waals surface area contributed by atoms with Gasteiger partial charge in [0.2, 0.25) is 0 Å². The summed E-state index contributed by atoms with van der Waals surface area (Å²) in [6.07, 6.45) is 44.2. The molecule has 0 saturated heterocycles. The smallest absolute Gasteiger partial charge is 0.462 e. The summed E-state index contributed by atoms with van der Waals surface area (Å²) in [7, 11) is -4.38. The van der Waals surface area contributed by atoms with Gasteiger partial charge in [-0.2, -0.15) is 0 Å². The third-order valence-corrected chi connectivity index (χ3v) is 9.70. The van der Waals surface area contributed by atoms with Crippen LogP contribution in [0, 0.1) is 0 Å². The van der Waals surface area contributed by atoms with Crippen LogP contribution >= 0.6 is 7.82 Å². The van der Waals surface area contributed by atoms with Gasteiger partial charge in [0, 0.05) is 19.4 Å². The standard InChI is InChI=1S/C43H78NO8P/c1-3-5-7-9-11-13-15-17-18-19-20-21-22-24-26-28-30-32-34-36-43(46)52-41(40-51-53(47,48)50-38-37-44)39-49-42(45)35-33-31-29-27-25-23-16-14-12-10-8-6-4-2/h11,13,17-18,20-21,24,26,41H,3-10,12,14-16,19,22-23,25,27-40,44H2,1-2H3,(H,47,48)/b13-11-,18-17-,21-20-,26-24-. The molecule has 0 aromatic rings. The van der Waals surface area contributed by atoms with Gasteiger partial charge in [0.25, 0.3) is 0 Å². The zero-order chi connectivity index (χ0) is 38.9. The summed E-state index contributed by atoms with van der Waals surface area (Å²) >= 11 is 0. The lowest BCUT2D eigenvalue weighted by Gasteiger charge is -2.19. The number of allylic oxidation sites excluding steroid dienone is 8. The Kier molecular flexibility index (Phi) is 38.1. The predicted octanol–water partition coefficient (Wildman–Crippen LogP) is 11.9. The topological polar surface area (TPSA) is 134 Å². The monoisotopic (exact) mass is 768 g/mol. The maximum atomic E-state index is 12.6. The van der Waals surface area contributed by atoms with Crippen molar-refractivity contribution in [1.82, 2.24) is 0 Å². The Morgan fingerprint density at radius 1 is 0.566 bits per heavy atom. The third kappa shape index (κ3) is 39.5. The molecule has 0 heterocycles. The number of hydrogen-bond donors (Lipinski definition) is 2. The average molecular weight is 768 g/mol. The van der Waals surface area contributed by atoms with Gasteiger partial charge in [-0.1, -0.05) is 159 Å². The van der Waals surface area contributed by atoms with Gasteiger partial charge in [0.05, 0.1) is 13.2 Å².